The number of hydrogen-bond donors (Lipinski definition) is 0. The molecule has 120 valence electrons. The number of ether oxygens (including phenoxy) is 2. The summed E-state index contributed by atoms with van der Waals surface area (Å²) < 4.78 is 9.54. The number of carbonyl (C=O) groups excluding carboxylic acids is 3. The molecule has 0 atom stereocenters. The van der Waals surface area contributed by atoms with Gasteiger partial charge in [-0.3, -0.25) is 9.59 Å². The van der Waals surface area contributed by atoms with Crippen LogP contribution >= 0.6 is 0 Å². The van der Waals surface area contributed by atoms with Crippen molar-refractivity contribution in [3.63, 3.8) is 0 Å². The predicted octanol–water partition coefficient (Wildman–Crippen LogP) is 3.06. The van der Waals surface area contributed by atoms with Gasteiger partial charge in [-0.2, -0.15) is 0 Å². The van der Waals surface area contributed by atoms with E-state index in [0.717, 1.165) is 18.4 Å². The van der Waals surface area contributed by atoms with E-state index in [0.29, 0.717) is 12.0 Å². The maximum Gasteiger partial charge on any atom is 0.338 e. The molecule has 5 heteroatoms. The lowest BCUT2D eigenvalue weighted by Gasteiger charge is -2.05. The third-order valence-electron chi connectivity index (χ3n) is 2.95. The van der Waals surface area contributed by atoms with Crippen molar-refractivity contribution in [3.8, 4) is 0 Å². The molecule has 0 fully saturated rings. The highest BCUT2D eigenvalue weighted by atomic mass is 16.6. The molecular weight excluding hydrogens is 284 g/mol. The van der Waals surface area contributed by atoms with Crippen LogP contribution in [-0.4, -0.2) is 24.5 Å². The molecule has 0 aliphatic carbocycles. The molecule has 0 aromatic heterocycles. The summed E-state index contributed by atoms with van der Waals surface area (Å²) in [5.41, 5.74) is 1.60. The summed E-state index contributed by atoms with van der Waals surface area (Å²) in [6.45, 7) is 3.81. The molecule has 0 amide bonds. The van der Waals surface area contributed by atoms with Gasteiger partial charge in [0.2, 0.25) is 0 Å². The van der Waals surface area contributed by atoms with Crippen molar-refractivity contribution in [1.29, 1.82) is 0 Å². The largest absolute Gasteiger partial charge is 0.461 e. The fourth-order valence-electron chi connectivity index (χ4n) is 1.84. The van der Waals surface area contributed by atoms with Crippen molar-refractivity contribution in [2.24, 2.45) is 0 Å². The number of benzene rings is 1. The highest BCUT2D eigenvalue weighted by molar-refractivity contribution is 5.90. The first-order valence-corrected chi connectivity index (χ1v) is 7.56. The van der Waals surface area contributed by atoms with E-state index in [1.54, 1.807) is 12.1 Å². The molecule has 1 aromatic carbocycles. The third kappa shape index (κ3) is 6.52. The fraction of sp³-hybridized carbons (Fsp3) is 0.471. The second-order valence-corrected chi connectivity index (χ2v) is 4.93. The van der Waals surface area contributed by atoms with Gasteiger partial charge in [-0.25, -0.2) is 4.79 Å². The van der Waals surface area contributed by atoms with Gasteiger partial charge >= 0.3 is 17.9 Å². The number of hydrogen-bond acceptors (Lipinski definition) is 5. The van der Waals surface area contributed by atoms with Crippen LogP contribution in [0.2, 0.25) is 0 Å². The first-order chi connectivity index (χ1) is 10.6. The number of esters is 3. The molecule has 0 saturated heterocycles. The molecular formula is C17H22O5. The molecule has 0 radical (unpaired) electrons. The van der Waals surface area contributed by atoms with Crippen LogP contribution in [0.3, 0.4) is 0 Å². The van der Waals surface area contributed by atoms with Gasteiger partial charge in [-0.1, -0.05) is 32.4 Å². The van der Waals surface area contributed by atoms with Crippen molar-refractivity contribution < 1.29 is 23.9 Å². The average molecular weight is 306 g/mol. The van der Waals surface area contributed by atoms with Crippen molar-refractivity contribution in [1.82, 2.24) is 0 Å². The van der Waals surface area contributed by atoms with E-state index in [9.17, 15) is 14.4 Å². The first kappa shape index (κ1) is 17.9. The highest BCUT2D eigenvalue weighted by Crippen LogP contribution is 2.08. The van der Waals surface area contributed by atoms with Crippen molar-refractivity contribution >= 4 is 17.9 Å². The van der Waals surface area contributed by atoms with Gasteiger partial charge in [0.25, 0.3) is 0 Å². The highest BCUT2D eigenvalue weighted by Gasteiger charge is 2.12. The van der Waals surface area contributed by atoms with Gasteiger partial charge in [0.15, 0.2) is 0 Å². The minimum absolute atomic E-state index is 0.103. The van der Waals surface area contributed by atoms with Crippen LogP contribution in [0, 0.1) is 0 Å². The van der Waals surface area contributed by atoms with Crippen LogP contribution in [0.4, 0.5) is 0 Å². The molecule has 0 N–H and O–H groups in total. The van der Waals surface area contributed by atoms with Crippen molar-refractivity contribution in [2.45, 2.75) is 46.0 Å². The smallest absolute Gasteiger partial charge is 0.338 e. The lowest BCUT2D eigenvalue weighted by molar-refractivity contribution is -0.160. The average Bonchev–Trinajstić information content (AvgIpc) is 2.48. The molecule has 0 heterocycles. The van der Waals surface area contributed by atoms with Gasteiger partial charge < -0.3 is 9.47 Å². The van der Waals surface area contributed by atoms with Crippen LogP contribution in [0.15, 0.2) is 24.3 Å². The number of carbonyl (C=O) groups is 3. The normalized spacial score (nSPS) is 10.1. The lowest BCUT2D eigenvalue weighted by Crippen LogP contribution is -2.15. The molecule has 0 bridgehead atoms. The molecule has 22 heavy (non-hydrogen) atoms. The summed E-state index contributed by atoms with van der Waals surface area (Å²) >= 11 is 0. The molecule has 0 unspecified atom stereocenters. The van der Waals surface area contributed by atoms with Crippen LogP contribution in [0.5, 0.6) is 0 Å². The molecule has 0 aliphatic rings. The Kier molecular flexibility index (Phi) is 7.89. The Morgan fingerprint density at radius 2 is 1.55 bits per heavy atom. The SMILES string of the molecule is CCCC(=O)OC(=O)CCOC(=O)c1ccc(CCC)cc1. The second kappa shape index (κ2) is 9.71. The van der Waals surface area contributed by atoms with E-state index < -0.39 is 17.9 Å². The van der Waals surface area contributed by atoms with E-state index >= 15 is 0 Å². The molecule has 1 aromatic rings. The number of rotatable bonds is 8. The standard InChI is InChI=1S/C17H22O5/c1-3-5-13-7-9-14(10-8-13)17(20)21-12-11-16(19)22-15(18)6-4-2/h7-10H,3-6,11-12H2,1-2H3. The fourth-order valence-corrected chi connectivity index (χ4v) is 1.84. The van der Waals surface area contributed by atoms with Gasteiger partial charge in [-0.05, 0) is 30.5 Å². The summed E-state index contributed by atoms with van der Waals surface area (Å²) in [6, 6.07) is 7.18. The summed E-state index contributed by atoms with van der Waals surface area (Å²) in [5.74, 6) is -1.72. The molecule has 0 spiro atoms. The van der Waals surface area contributed by atoms with Gasteiger partial charge in [0, 0.05) is 6.42 Å². The van der Waals surface area contributed by atoms with Crippen LogP contribution < -0.4 is 0 Å². The minimum atomic E-state index is -0.676. The van der Waals surface area contributed by atoms with Crippen molar-refractivity contribution in [3.05, 3.63) is 35.4 Å². The predicted molar refractivity (Wildman–Crippen MR) is 81.3 cm³/mol. The third-order valence-corrected chi connectivity index (χ3v) is 2.95. The van der Waals surface area contributed by atoms with E-state index in [1.807, 2.05) is 19.1 Å². The zero-order valence-corrected chi connectivity index (χ0v) is 13.1. The summed E-state index contributed by atoms with van der Waals surface area (Å²) in [7, 11) is 0. The van der Waals surface area contributed by atoms with Gasteiger partial charge in [0.1, 0.15) is 6.61 Å². The molecule has 1 rings (SSSR count). The second-order valence-electron chi connectivity index (χ2n) is 4.93. The molecule has 0 saturated carbocycles. The Balaban J connectivity index is 2.33. The maximum absolute atomic E-state index is 11.8. The molecule has 5 nitrogen and oxygen atoms in total. The Hall–Kier alpha value is -2.17. The summed E-state index contributed by atoms with van der Waals surface area (Å²) in [5, 5.41) is 0. The minimum Gasteiger partial charge on any atom is -0.461 e. The monoisotopic (exact) mass is 306 g/mol. The Morgan fingerprint density at radius 3 is 2.14 bits per heavy atom. The lowest BCUT2D eigenvalue weighted by atomic mass is 10.1. The quantitative estimate of drug-likeness (QED) is 0.545. The maximum atomic E-state index is 11.8. The zero-order chi connectivity index (χ0) is 16.4. The Bertz CT molecular complexity index is 504. The van der Waals surface area contributed by atoms with E-state index in [4.69, 9.17) is 4.74 Å². The Morgan fingerprint density at radius 1 is 0.909 bits per heavy atom. The number of aryl methyl sites for hydroxylation is 1. The van der Waals surface area contributed by atoms with E-state index in [-0.39, 0.29) is 19.4 Å². The summed E-state index contributed by atoms with van der Waals surface area (Å²) in [6.07, 6.45) is 2.70. The van der Waals surface area contributed by atoms with Crippen LogP contribution in [0.1, 0.15) is 55.5 Å². The Labute approximate surface area is 130 Å². The van der Waals surface area contributed by atoms with Crippen LogP contribution in [-0.2, 0) is 25.5 Å². The van der Waals surface area contributed by atoms with Crippen molar-refractivity contribution in [2.75, 3.05) is 6.61 Å². The van der Waals surface area contributed by atoms with Gasteiger partial charge in [0.05, 0.1) is 12.0 Å². The van der Waals surface area contributed by atoms with Gasteiger partial charge in [-0.15, -0.1) is 0 Å². The van der Waals surface area contributed by atoms with E-state index in [2.05, 4.69) is 11.7 Å². The van der Waals surface area contributed by atoms with E-state index in [1.165, 1.54) is 0 Å². The summed E-state index contributed by atoms with van der Waals surface area (Å²) in [4.78, 5) is 34.2. The zero-order valence-electron chi connectivity index (χ0n) is 13.1. The van der Waals surface area contributed by atoms with Crippen LogP contribution in [0.25, 0.3) is 0 Å². The molecule has 0 aliphatic heterocycles. The topological polar surface area (TPSA) is 69.7 Å². The first-order valence-electron chi connectivity index (χ1n) is 7.56.